The Morgan fingerprint density at radius 2 is 1.44 bits per heavy atom. The van der Waals surface area contributed by atoms with Gasteiger partial charge in [0.05, 0.1) is 23.6 Å². The highest BCUT2D eigenvalue weighted by Crippen LogP contribution is 2.37. The average molecular weight is 356 g/mol. The lowest BCUT2D eigenvalue weighted by atomic mass is 9.89. The maximum atomic E-state index is 14.0. The van der Waals surface area contributed by atoms with Gasteiger partial charge in [0.25, 0.3) is 0 Å². The van der Waals surface area contributed by atoms with Gasteiger partial charge in [-0.3, -0.25) is 4.79 Å². The van der Waals surface area contributed by atoms with Crippen LogP contribution >= 0.6 is 0 Å². The van der Waals surface area contributed by atoms with Gasteiger partial charge in [0.1, 0.15) is 0 Å². The molecule has 1 aliphatic heterocycles. The van der Waals surface area contributed by atoms with Crippen LogP contribution in [0, 0.1) is 0 Å². The molecule has 144 valence electrons. The highest BCUT2D eigenvalue weighted by Gasteiger charge is 2.50. The van der Waals surface area contributed by atoms with Gasteiger partial charge in [-0.25, -0.2) is 4.39 Å². The van der Waals surface area contributed by atoms with Gasteiger partial charge >= 0.3 is 13.1 Å². The fourth-order valence-electron chi connectivity index (χ4n) is 2.68. The maximum Gasteiger partial charge on any atom is 0.489 e. The van der Waals surface area contributed by atoms with Crippen molar-refractivity contribution in [1.29, 1.82) is 0 Å². The smallest absolute Gasteiger partial charge is 0.466 e. The molecule has 1 aliphatic rings. The number of unbranched alkanes of at least 4 members (excludes halogenated alkanes) is 6. The van der Waals surface area contributed by atoms with Gasteiger partial charge in [-0.2, -0.15) is 0 Å². The van der Waals surface area contributed by atoms with Crippen molar-refractivity contribution in [2.75, 3.05) is 6.61 Å². The number of carbonyl (C=O) groups is 1. The van der Waals surface area contributed by atoms with Gasteiger partial charge in [-0.15, -0.1) is 0 Å². The zero-order valence-corrected chi connectivity index (χ0v) is 16.5. The summed E-state index contributed by atoms with van der Waals surface area (Å²) in [5.74, 6) is 1.10. The van der Waals surface area contributed by atoms with E-state index in [0.29, 0.717) is 13.0 Å². The molecular formula is C19H34BFO4. The Balaban J connectivity index is 2.06. The standard InChI is InChI=1S/C19H34BFO4/c1-16(22)23-14-12-10-8-6-7-9-11-13-17(21)15-20-24-18(2,3)19(4,5)25-20/h15H,6-14H2,1-5H3/b17-15-. The van der Waals surface area contributed by atoms with Crippen molar-refractivity contribution >= 4 is 13.1 Å². The molecule has 4 nitrogen and oxygen atoms in total. The van der Waals surface area contributed by atoms with Crippen LogP contribution in [0.3, 0.4) is 0 Å². The van der Waals surface area contributed by atoms with Gasteiger partial charge in [0.2, 0.25) is 0 Å². The third-order valence-corrected chi connectivity index (χ3v) is 4.95. The molecule has 0 radical (unpaired) electrons. The number of halogens is 1. The maximum absolute atomic E-state index is 14.0. The van der Waals surface area contributed by atoms with E-state index in [2.05, 4.69) is 0 Å². The molecule has 1 heterocycles. The summed E-state index contributed by atoms with van der Waals surface area (Å²) in [7, 11) is -0.595. The molecule has 0 aliphatic carbocycles. The fourth-order valence-corrected chi connectivity index (χ4v) is 2.68. The van der Waals surface area contributed by atoms with Gasteiger partial charge in [-0.05, 0) is 52.9 Å². The van der Waals surface area contributed by atoms with E-state index < -0.39 is 18.3 Å². The zero-order chi connectivity index (χ0) is 18.9. The van der Waals surface area contributed by atoms with Crippen molar-refractivity contribution in [3.8, 4) is 0 Å². The molecule has 0 saturated carbocycles. The Morgan fingerprint density at radius 3 is 1.96 bits per heavy atom. The van der Waals surface area contributed by atoms with Crippen molar-refractivity contribution < 1.29 is 23.2 Å². The SMILES string of the molecule is CC(=O)OCCCCCCCCC/C(F)=C/B1OC(C)(C)C(C)(C)O1. The number of allylic oxidation sites excluding steroid dienone is 1. The van der Waals surface area contributed by atoms with Crippen LogP contribution in [0.1, 0.15) is 86.0 Å². The van der Waals surface area contributed by atoms with E-state index in [1.165, 1.54) is 12.9 Å². The molecule has 0 N–H and O–H groups in total. The molecule has 1 rings (SSSR count). The number of rotatable bonds is 11. The minimum atomic E-state index is -0.595. The van der Waals surface area contributed by atoms with Gasteiger partial charge < -0.3 is 14.0 Å². The monoisotopic (exact) mass is 356 g/mol. The van der Waals surface area contributed by atoms with Crippen molar-refractivity contribution in [3.05, 3.63) is 11.8 Å². The number of carbonyl (C=O) groups excluding carboxylic acids is 1. The van der Waals surface area contributed by atoms with Crippen LogP contribution in [-0.4, -0.2) is 30.9 Å². The third kappa shape index (κ3) is 8.36. The van der Waals surface area contributed by atoms with Crippen LogP contribution in [0.2, 0.25) is 0 Å². The van der Waals surface area contributed by atoms with E-state index in [4.69, 9.17) is 14.0 Å². The quantitative estimate of drug-likeness (QED) is 0.292. The Morgan fingerprint density at radius 1 is 0.960 bits per heavy atom. The van der Waals surface area contributed by atoms with Crippen LogP contribution in [0.5, 0.6) is 0 Å². The van der Waals surface area contributed by atoms with Crippen LogP contribution in [0.25, 0.3) is 0 Å². The summed E-state index contributed by atoms with van der Waals surface area (Å²) in [6.07, 6.45) is 7.68. The van der Waals surface area contributed by atoms with Gasteiger partial charge in [0, 0.05) is 6.92 Å². The Kier molecular flexibility index (Phi) is 9.15. The number of hydrogen-bond acceptors (Lipinski definition) is 4. The van der Waals surface area contributed by atoms with Gasteiger partial charge in [-0.1, -0.05) is 32.1 Å². The fraction of sp³-hybridized carbons (Fsp3) is 0.842. The average Bonchev–Trinajstić information content (AvgIpc) is 2.67. The van der Waals surface area contributed by atoms with Gasteiger partial charge in [0.15, 0.2) is 0 Å². The lowest BCUT2D eigenvalue weighted by molar-refractivity contribution is -0.141. The highest BCUT2D eigenvalue weighted by atomic mass is 19.1. The summed E-state index contributed by atoms with van der Waals surface area (Å²) >= 11 is 0. The molecule has 0 aromatic rings. The van der Waals surface area contributed by atoms with Crippen LogP contribution in [0.4, 0.5) is 4.39 Å². The lowest BCUT2D eigenvalue weighted by Gasteiger charge is -2.32. The molecule has 1 fully saturated rings. The Bertz CT molecular complexity index is 433. The summed E-state index contributed by atoms with van der Waals surface area (Å²) in [5.41, 5.74) is -0.853. The molecule has 0 amide bonds. The second-order valence-electron chi connectivity index (χ2n) is 7.80. The molecule has 0 atom stereocenters. The summed E-state index contributed by atoms with van der Waals surface area (Å²) in [5, 5.41) is 0. The minimum Gasteiger partial charge on any atom is -0.466 e. The third-order valence-electron chi connectivity index (χ3n) is 4.95. The Hall–Kier alpha value is -0.875. The van der Waals surface area contributed by atoms with E-state index >= 15 is 0 Å². The van der Waals surface area contributed by atoms with E-state index in [1.54, 1.807) is 0 Å². The van der Waals surface area contributed by atoms with Crippen molar-refractivity contribution in [3.63, 3.8) is 0 Å². The zero-order valence-electron chi connectivity index (χ0n) is 16.5. The van der Waals surface area contributed by atoms with Crippen molar-refractivity contribution in [2.45, 2.75) is 97.2 Å². The minimum absolute atomic E-state index is 0.153. The molecule has 1 saturated heterocycles. The second kappa shape index (κ2) is 10.3. The summed E-state index contributed by atoms with van der Waals surface area (Å²) in [6.45, 7) is 9.80. The highest BCUT2D eigenvalue weighted by molar-refractivity contribution is 6.51. The van der Waals surface area contributed by atoms with E-state index in [-0.39, 0.29) is 11.8 Å². The van der Waals surface area contributed by atoms with Crippen molar-refractivity contribution in [1.82, 2.24) is 0 Å². The first-order chi connectivity index (χ1) is 11.6. The number of ether oxygens (including phenoxy) is 1. The largest absolute Gasteiger partial charge is 0.489 e. The molecule has 0 unspecified atom stereocenters. The van der Waals surface area contributed by atoms with Crippen LogP contribution < -0.4 is 0 Å². The summed E-state index contributed by atoms with van der Waals surface area (Å²) in [4.78, 5) is 10.6. The summed E-state index contributed by atoms with van der Waals surface area (Å²) in [6, 6.07) is 0. The number of hydrogen-bond donors (Lipinski definition) is 0. The summed E-state index contributed by atoms with van der Waals surface area (Å²) < 4.78 is 30.4. The van der Waals surface area contributed by atoms with E-state index in [0.717, 1.165) is 44.9 Å². The first-order valence-electron chi connectivity index (χ1n) is 9.49. The normalized spacial score (nSPS) is 19.3. The lowest BCUT2D eigenvalue weighted by Crippen LogP contribution is -2.41. The first-order valence-corrected chi connectivity index (χ1v) is 9.49. The van der Waals surface area contributed by atoms with Crippen LogP contribution in [0.15, 0.2) is 11.8 Å². The number of esters is 1. The molecule has 0 aromatic heterocycles. The van der Waals surface area contributed by atoms with Crippen LogP contribution in [-0.2, 0) is 18.8 Å². The topological polar surface area (TPSA) is 44.8 Å². The molecule has 25 heavy (non-hydrogen) atoms. The second-order valence-corrected chi connectivity index (χ2v) is 7.80. The van der Waals surface area contributed by atoms with Crippen molar-refractivity contribution in [2.24, 2.45) is 0 Å². The molecule has 0 aromatic carbocycles. The van der Waals surface area contributed by atoms with E-state index in [9.17, 15) is 9.18 Å². The molecule has 0 spiro atoms. The first kappa shape index (κ1) is 22.2. The Labute approximate surface area is 152 Å². The predicted molar refractivity (Wildman–Crippen MR) is 98.8 cm³/mol. The predicted octanol–water partition coefficient (Wildman–Crippen LogP) is 5.16. The molecule has 0 bridgehead atoms. The van der Waals surface area contributed by atoms with E-state index in [1.807, 2.05) is 27.7 Å². The molecule has 6 heteroatoms. The molecular weight excluding hydrogens is 322 g/mol.